The number of fused-ring (bicyclic) bond motifs is 1. The van der Waals surface area contributed by atoms with Crippen molar-refractivity contribution in [2.45, 2.75) is 12.8 Å². The van der Waals surface area contributed by atoms with Crippen LogP contribution in [0.3, 0.4) is 0 Å². The van der Waals surface area contributed by atoms with Crippen molar-refractivity contribution in [3.63, 3.8) is 0 Å². The van der Waals surface area contributed by atoms with Crippen LogP contribution in [0.2, 0.25) is 0 Å². The van der Waals surface area contributed by atoms with Crippen molar-refractivity contribution in [2.24, 2.45) is 5.92 Å². The van der Waals surface area contributed by atoms with E-state index in [2.05, 4.69) is 54.0 Å². The Balaban J connectivity index is 1.24. The maximum Gasteiger partial charge on any atom is 0.227 e. The third-order valence-electron chi connectivity index (χ3n) is 5.99. The van der Waals surface area contributed by atoms with Gasteiger partial charge in [-0.2, -0.15) is 0 Å². The minimum Gasteiger partial charge on any atom is -0.368 e. The molecule has 0 aliphatic carbocycles. The summed E-state index contributed by atoms with van der Waals surface area (Å²) in [7, 11) is 0. The van der Waals surface area contributed by atoms with E-state index in [1.807, 2.05) is 11.0 Å². The molecule has 4 heterocycles. The fourth-order valence-corrected chi connectivity index (χ4v) is 4.45. The topological polar surface area (TPSA) is 81.2 Å². The van der Waals surface area contributed by atoms with Crippen LogP contribution in [0.15, 0.2) is 43.0 Å². The maximum absolute atomic E-state index is 13.2. The first-order chi connectivity index (χ1) is 14.3. The second-order valence-electron chi connectivity index (χ2n) is 7.73. The van der Waals surface area contributed by atoms with Gasteiger partial charge in [0.2, 0.25) is 5.91 Å². The summed E-state index contributed by atoms with van der Waals surface area (Å²) in [5.74, 6) is 1.14. The number of H-pyrrole nitrogens is 1. The van der Waals surface area contributed by atoms with Crippen LogP contribution in [-0.2, 0) is 4.79 Å². The SMILES string of the molecule is O=C([C@H]1CCCN(c2ncnc3nc[nH]c23)C1)N1CCN(c2ccccc2)CC1. The number of nitrogens with zero attached hydrogens (tertiary/aromatic N) is 6. The molecule has 2 fully saturated rings. The first kappa shape index (κ1) is 17.9. The smallest absolute Gasteiger partial charge is 0.227 e. The van der Waals surface area contributed by atoms with Crippen LogP contribution in [-0.4, -0.2) is 70.0 Å². The molecule has 150 valence electrons. The van der Waals surface area contributed by atoms with Crippen molar-refractivity contribution in [3.05, 3.63) is 43.0 Å². The van der Waals surface area contributed by atoms with Gasteiger partial charge < -0.3 is 19.7 Å². The molecule has 0 saturated carbocycles. The Morgan fingerprint density at radius 3 is 2.62 bits per heavy atom. The summed E-state index contributed by atoms with van der Waals surface area (Å²) in [5.41, 5.74) is 2.74. The number of para-hydroxylation sites is 1. The van der Waals surface area contributed by atoms with Gasteiger partial charge in [-0.05, 0) is 25.0 Å². The van der Waals surface area contributed by atoms with Gasteiger partial charge in [0.1, 0.15) is 11.8 Å². The zero-order valence-corrected chi connectivity index (χ0v) is 16.4. The van der Waals surface area contributed by atoms with E-state index >= 15 is 0 Å². The molecule has 1 amide bonds. The van der Waals surface area contributed by atoms with E-state index in [9.17, 15) is 4.79 Å². The monoisotopic (exact) mass is 391 g/mol. The summed E-state index contributed by atoms with van der Waals surface area (Å²) >= 11 is 0. The second-order valence-corrected chi connectivity index (χ2v) is 7.73. The summed E-state index contributed by atoms with van der Waals surface area (Å²) in [5, 5.41) is 0. The van der Waals surface area contributed by atoms with Gasteiger partial charge in [-0.3, -0.25) is 4.79 Å². The number of anilines is 2. The number of benzene rings is 1. The van der Waals surface area contributed by atoms with Gasteiger partial charge in [-0.25, -0.2) is 15.0 Å². The Labute approximate surface area is 169 Å². The first-order valence-corrected chi connectivity index (χ1v) is 10.3. The summed E-state index contributed by atoms with van der Waals surface area (Å²) < 4.78 is 0. The van der Waals surface area contributed by atoms with Crippen LogP contribution in [0.4, 0.5) is 11.5 Å². The molecule has 1 N–H and O–H groups in total. The van der Waals surface area contributed by atoms with Gasteiger partial charge in [0.25, 0.3) is 0 Å². The van der Waals surface area contributed by atoms with E-state index in [1.54, 1.807) is 12.7 Å². The Morgan fingerprint density at radius 1 is 0.966 bits per heavy atom. The summed E-state index contributed by atoms with van der Waals surface area (Å²) in [6.07, 6.45) is 5.11. The quantitative estimate of drug-likeness (QED) is 0.735. The molecule has 2 aromatic heterocycles. The third-order valence-corrected chi connectivity index (χ3v) is 5.99. The number of piperazine rings is 1. The fourth-order valence-electron chi connectivity index (χ4n) is 4.45. The molecule has 1 aromatic carbocycles. The van der Waals surface area contributed by atoms with E-state index in [0.717, 1.165) is 56.9 Å². The average Bonchev–Trinajstić information content (AvgIpc) is 3.28. The van der Waals surface area contributed by atoms with Crippen LogP contribution < -0.4 is 9.80 Å². The number of nitrogens with one attached hydrogen (secondary N) is 1. The minimum absolute atomic E-state index is 0.0139. The van der Waals surface area contributed by atoms with E-state index in [0.29, 0.717) is 12.2 Å². The average molecular weight is 391 g/mol. The van der Waals surface area contributed by atoms with Gasteiger partial charge in [0.15, 0.2) is 11.5 Å². The number of rotatable bonds is 3. The van der Waals surface area contributed by atoms with Crippen molar-refractivity contribution in [3.8, 4) is 0 Å². The first-order valence-electron chi connectivity index (χ1n) is 10.3. The molecular formula is C21H25N7O. The molecule has 3 aromatic rings. The van der Waals surface area contributed by atoms with Crippen molar-refractivity contribution in [1.82, 2.24) is 24.8 Å². The van der Waals surface area contributed by atoms with Crippen LogP contribution >= 0.6 is 0 Å². The summed E-state index contributed by atoms with van der Waals surface area (Å²) in [6.45, 7) is 4.92. The molecule has 8 heteroatoms. The maximum atomic E-state index is 13.2. The molecule has 1 atom stereocenters. The highest BCUT2D eigenvalue weighted by atomic mass is 16.2. The molecule has 2 aliphatic rings. The predicted molar refractivity (Wildman–Crippen MR) is 112 cm³/mol. The molecule has 0 radical (unpaired) electrons. The van der Waals surface area contributed by atoms with Gasteiger partial charge >= 0.3 is 0 Å². The van der Waals surface area contributed by atoms with Crippen LogP contribution in [0.5, 0.6) is 0 Å². The number of aromatic nitrogens is 4. The van der Waals surface area contributed by atoms with Gasteiger partial charge in [-0.15, -0.1) is 0 Å². The molecule has 5 rings (SSSR count). The van der Waals surface area contributed by atoms with Crippen molar-refractivity contribution in [1.29, 1.82) is 0 Å². The van der Waals surface area contributed by atoms with Crippen LogP contribution in [0.25, 0.3) is 11.2 Å². The third kappa shape index (κ3) is 3.50. The van der Waals surface area contributed by atoms with Gasteiger partial charge in [-0.1, -0.05) is 18.2 Å². The Bertz CT molecular complexity index is 981. The molecule has 8 nitrogen and oxygen atoms in total. The van der Waals surface area contributed by atoms with E-state index < -0.39 is 0 Å². The highest BCUT2D eigenvalue weighted by Gasteiger charge is 2.32. The Morgan fingerprint density at radius 2 is 1.79 bits per heavy atom. The number of carbonyl (C=O) groups is 1. The number of hydrogen-bond acceptors (Lipinski definition) is 6. The number of aromatic amines is 1. The zero-order chi connectivity index (χ0) is 19.6. The highest BCUT2D eigenvalue weighted by Crippen LogP contribution is 2.27. The minimum atomic E-state index is 0.0139. The van der Waals surface area contributed by atoms with Gasteiger partial charge in [0, 0.05) is 45.0 Å². The van der Waals surface area contributed by atoms with Crippen molar-refractivity contribution in [2.75, 3.05) is 49.1 Å². The van der Waals surface area contributed by atoms with Crippen molar-refractivity contribution < 1.29 is 4.79 Å². The molecule has 2 aliphatic heterocycles. The molecular weight excluding hydrogens is 366 g/mol. The second kappa shape index (κ2) is 7.69. The number of carbonyl (C=O) groups excluding carboxylic acids is 1. The summed E-state index contributed by atoms with van der Waals surface area (Å²) in [4.78, 5) is 35.8. The molecule has 0 unspecified atom stereocenters. The Kier molecular flexibility index (Phi) is 4.75. The molecule has 0 spiro atoms. The lowest BCUT2D eigenvalue weighted by molar-refractivity contribution is -0.136. The van der Waals surface area contributed by atoms with Crippen molar-refractivity contribution >= 4 is 28.6 Å². The zero-order valence-electron chi connectivity index (χ0n) is 16.4. The molecule has 0 bridgehead atoms. The fraction of sp³-hybridized carbons (Fsp3) is 0.429. The van der Waals surface area contributed by atoms with E-state index in [-0.39, 0.29) is 11.8 Å². The lowest BCUT2D eigenvalue weighted by atomic mass is 9.96. The normalized spacial score (nSPS) is 20.3. The van der Waals surface area contributed by atoms with Crippen LogP contribution in [0.1, 0.15) is 12.8 Å². The highest BCUT2D eigenvalue weighted by molar-refractivity contribution is 5.84. The number of amides is 1. The van der Waals surface area contributed by atoms with E-state index in [4.69, 9.17) is 0 Å². The number of imidazole rings is 1. The molecule has 2 saturated heterocycles. The van der Waals surface area contributed by atoms with Crippen LogP contribution in [0, 0.1) is 5.92 Å². The lowest BCUT2D eigenvalue weighted by Crippen LogP contribution is -2.52. The Hall–Kier alpha value is -3.16. The lowest BCUT2D eigenvalue weighted by Gasteiger charge is -2.40. The van der Waals surface area contributed by atoms with E-state index in [1.165, 1.54) is 5.69 Å². The number of hydrogen-bond donors (Lipinski definition) is 1. The predicted octanol–water partition coefficient (Wildman–Crippen LogP) is 1.92. The van der Waals surface area contributed by atoms with Gasteiger partial charge in [0.05, 0.1) is 12.2 Å². The summed E-state index contributed by atoms with van der Waals surface area (Å²) in [6, 6.07) is 10.4. The largest absolute Gasteiger partial charge is 0.368 e. The number of piperidine rings is 1. The molecule has 29 heavy (non-hydrogen) atoms. The standard InChI is InChI=1S/C21H25N7O/c29-21(27-11-9-26(10-12-27)17-6-2-1-3-7-17)16-5-4-8-28(13-16)20-18-19(23-14-22-18)24-15-25-20/h1-3,6-7,14-16H,4-5,8-13H2,(H,22,23,24,25)/t16-/m0/s1.